The van der Waals surface area contributed by atoms with Crippen molar-refractivity contribution in [3.05, 3.63) is 35.0 Å². The van der Waals surface area contributed by atoms with Gasteiger partial charge in [-0.3, -0.25) is 0 Å². The van der Waals surface area contributed by atoms with Crippen molar-refractivity contribution in [1.29, 1.82) is 0 Å². The predicted octanol–water partition coefficient (Wildman–Crippen LogP) is 2.33. The zero-order valence-corrected chi connectivity index (χ0v) is 11.7. The molecule has 0 N–H and O–H groups in total. The van der Waals surface area contributed by atoms with Crippen LogP contribution in [0.5, 0.6) is 0 Å². The van der Waals surface area contributed by atoms with Crippen molar-refractivity contribution < 1.29 is 4.52 Å². The monoisotopic (exact) mass is 275 g/mol. The minimum absolute atomic E-state index is 0.633. The van der Waals surface area contributed by atoms with Crippen LogP contribution in [0, 0.1) is 20.8 Å². The summed E-state index contributed by atoms with van der Waals surface area (Å²) in [4.78, 5) is 8.75. The van der Waals surface area contributed by atoms with Gasteiger partial charge in [0.2, 0.25) is 5.16 Å². The molecule has 0 saturated heterocycles. The van der Waals surface area contributed by atoms with Crippen LogP contribution >= 0.6 is 11.8 Å². The summed E-state index contributed by atoms with van der Waals surface area (Å²) in [7, 11) is 0. The van der Waals surface area contributed by atoms with Crippen molar-refractivity contribution in [2.45, 2.75) is 31.7 Å². The summed E-state index contributed by atoms with van der Waals surface area (Å²) < 4.78 is 6.91. The highest BCUT2D eigenvalue weighted by Crippen LogP contribution is 2.20. The lowest BCUT2D eigenvalue weighted by atomic mass is 10.4. The summed E-state index contributed by atoms with van der Waals surface area (Å²) in [6, 6.07) is 3.90. The molecule has 0 radical (unpaired) electrons. The highest BCUT2D eigenvalue weighted by Gasteiger charge is 2.09. The lowest BCUT2D eigenvalue weighted by Crippen LogP contribution is -1.97. The van der Waals surface area contributed by atoms with Gasteiger partial charge in [0.1, 0.15) is 5.76 Å². The molecule has 0 bridgehead atoms. The molecule has 0 aliphatic heterocycles. The summed E-state index contributed by atoms with van der Waals surface area (Å²) in [5.41, 5.74) is 2.85. The third-order valence-corrected chi connectivity index (χ3v) is 3.48. The Bertz CT molecular complexity index is 733. The molecule has 0 fully saturated rings. The van der Waals surface area contributed by atoms with Crippen LogP contribution in [0.25, 0.3) is 5.78 Å². The topological polar surface area (TPSA) is 69.1 Å². The molecule has 0 spiro atoms. The van der Waals surface area contributed by atoms with E-state index >= 15 is 0 Å². The molecule has 0 aliphatic carbocycles. The lowest BCUT2D eigenvalue weighted by Gasteiger charge is -1.97. The minimum Gasteiger partial charge on any atom is -0.360 e. The molecule has 3 heterocycles. The van der Waals surface area contributed by atoms with Crippen molar-refractivity contribution in [3.63, 3.8) is 0 Å². The van der Waals surface area contributed by atoms with Crippen LogP contribution < -0.4 is 0 Å². The highest BCUT2D eigenvalue weighted by atomic mass is 32.2. The number of thioether (sulfide) groups is 1. The van der Waals surface area contributed by atoms with Crippen LogP contribution in [0.4, 0.5) is 0 Å². The first kappa shape index (κ1) is 12.2. The molecular weight excluding hydrogens is 262 g/mol. The zero-order chi connectivity index (χ0) is 13.4. The fourth-order valence-corrected chi connectivity index (χ4v) is 2.52. The normalized spacial score (nSPS) is 11.3. The van der Waals surface area contributed by atoms with E-state index in [-0.39, 0.29) is 0 Å². The van der Waals surface area contributed by atoms with Crippen LogP contribution in [-0.4, -0.2) is 24.7 Å². The smallest absolute Gasteiger partial charge is 0.253 e. The summed E-state index contributed by atoms with van der Waals surface area (Å²) in [6.45, 7) is 5.84. The first-order valence-electron chi connectivity index (χ1n) is 5.88. The van der Waals surface area contributed by atoms with E-state index in [1.54, 1.807) is 4.52 Å². The molecule has 7 heteroatoms. The Morgan fingerprint density at radius 1 is 1.16 bits per heavy atom. The lowest BCUT2D eigenvalue weighted by molar-refractivity contribution is 0.391. The third kappa shape index (κ3) is 2.46. The largest absolute Gasteiger partial charge is 0.360 e. The maximum Gasteiger partial charge on any atom is 0.253 e. The Kier molecular flexibility index (Phi) is 2.98. The van der Waals surface area contributed by atoms with E-state index in [4.69, 9.17) is 4.52 Å². The first-order valence-corrected chi connectivity index (χ1v) is 6.86. The van der Waals surface area contributed by atoms with Crippen LogP contribution in [0.2, 0.25) is 0 Å². The molecule has 0 aromatic carbocycles. The van der Waals surface area contributed by atoms with Crippen LogP contribution in [0.3, 0.4) is 0 Å². The van der Waals surface area contributed by atoms with E-state index in [1.807, 2.05) is 32.9 Å². The Morgan fingerprint density at radius 2 is 2.00 bits per heavy atom. The number of nitrogens with zero attached hydrogens (tertiary/aromatic N) is 5. The molecule has 6 nitrogen and oxygen atoms in total. The van der Waals surface area contributed by atoms with Gasteiger partial charge in [0.25, 0.3) is 5.78 Å². The molecule has 0 amide bonds. The van der Waals surface area contributed by atoms with Crippen molar-refractivity contribution >= 4 is 17.5 Å². The summed E-state index contributed by atoms with van der Waals surface area (Å²) >= 11 is 1.51. The Morgan fingerprint density at radius 3 is 2.74 bits per heavy atom. The zero-order valence-electron chi connectivity index (χ0n) is 10.9. The Balaban J connectivity index is 1.83. The van der Waals surface area contributed by atoms with Crippen LogP contribution in [0.15, 0.2) is 21.8 Å². The molecule has 3 aromatic heterocycles. The molecule has 0 saturated carbocycles. The predicted molar refractivity (Wildman–Crippen MR) is 71.1 cm³/mol. The Labute approximate surface area is 114 Å². The molecule has 0 aliphatic rings. The highest BCUT2D eigenvalue weighted by molar-refractivity contribution is 7.98. The SMILES string of the molecule is Cc1cc(CSc2nc3nc(C)cc(C)n3n2)on1. The van der Waals surface area contributed by atoms with E-state index in [0.717, 1.165) is 22.8 Å². The summed E-state index contributed by atoms with van der Waals surface area (Å²) in [5, 5.41) is 8.96. The van der Waals surface area contributed by atoms with Gasteiger partial charge in [-0.1, -0.05) is 16.9 Å². The van der Waals surface area contributed by atoms with Gasteiger partial charge in [-0.2, -0.15) is 4.98 Å². The van der Waals surface area contributed by atoms with Crippen LogP contribution in [-0.2, 0) is 5.75 Å². The number of hydrogen-bond acceptors (Lipinski definition) is 6. The van der Waals surface area contributed by atoms with Crippen LogP contribution in [0.1, 0.15) is 22.8 Å². The average molecular weight is 275 g/mol. The number of fused-ring (bicyclic) bond motifs is 1. The second kappa shape index (κ2) is 4.65. The number of aryl methyl sites for hydroxylation is 3. The maximum atomic E-state index is 5.15. The first-order chi connectivity index (χ1) is 9.11. The molecule has 19 heavy (non-hydrogen) atoms. The molecule has 0 unspecified atom stereocenters. The van der Waals surface area contributed by atoms with Crippen molar-refractivity contribution in [2.24, 2.45) is 0 Å². The number of aromatic nitrogens is 5. The Hall–Kier alpha value is -1.89. The second-order valence-electron chi connectivity index (χ2n) is 4.37. The average Bonchev–Trinajstić information content (AvgIpc) is 2.92. The van der Waals surface area contributed by atoms with Gasteiger partial charge >= 0.3 is 0 Å². The van der Waals surface area contributed by atoms with E-state index in [2.05, 4.69) is 20.2 Å². The number of hydrogen-bond donors (Lipinski definition) is 0. The van der Waals surface area contributed by atoms with Gasteiger partial charge in [0, 0.05) is 17.5 Å². The maximum absolute atomic E-state index is 5.15. The van der Waals surface area contributed by atoms with E-state index in [9.17, 15) is 0 Å². The quantitative estimate of drug-likeness (QED) is 0.683. The standard InChI is InChI=1S/C12H13N5OS/c1-7-4-9(3)17-11(13-7)14-12(15-17)19-6-10-5-8(2)16-18-10/h4-5H,6H2,1-3H3. The van der Waals surface area contributed by atoms with E-state index in [0.29, 0.717) is 16.7 Å². The summed E-state index contributed by atoms with van der Waals surface area (Å²) in [6.07, 6.45) is 0. The minimum atomic E-state index is 0.633. The molecule has 98 valence electrons. The molecule has 3 aromatic rings. The van der Waals surface area contributed by atoms with Gasteiger partial charge in [0.15, 0.2) is 0 Å². The van der Waals surface area contributed by atoms with Gasteiger partial charge in [-0.05, 0) is 26.8 Å². The van der Waals surface area contributed by atoms with Gasteiger partial charge < -0.3 is 4.52 Å². The van der Waals surface area contributed by atoms with Gasteiger partial charge in [-0.15, -0.1) is 5.10 Å². The van der Waals surface area contributed by atoms with Crippen molar-refractivity contribution in [1.82, 2.24) is 24.7 Å². The van der Waals surface area contributed by atoms with Crippen molar-refractivity contribution in [3.8, 4) is 0 Å². The molecule has 0 atom stereocenters. The van der Waals surface area contributed by atoms with Gasteiger partial charge in [0.05, 0.1) is 11.4 Å². The van der Waals surface area contributed by atoms with E-state index < -0.39 is 0 Å². The molecule has 3 rings (SSSR count). The van der Waals surface area contributed by atoms with Gasteiger partial charge in [-0.25, -0.2) is 9.50 Å². The molecular formula is C12H13N5OS. The fraction of sp³-hybridized carbons (Fsp3) is 0.333. The third-order valence-electron chi connectivity index (χ3n) is 2.62. The summed E-state index contributed by atoms with van der Waals surface area (Å²) in [5.74, 6) is 2.12. The van der Waals surface area contributed by atoms with E-state index in [1.165, 1.54) is 11.8 Å². The second-order valence-corrected chi connectivity index (χ2v) is 5.31. The fourth-order valence-electron chi connectivity index (χ4n) is 1.83. The number of rotatable bonds is 3. The van der Waals surface area contributed by atoms with Crippen molar-refractivity contribution in [2.75, 3.05) is 0 Å².